The molecule has 0 radical (unpaired) electrons. The number of quaternary nitrogens is 1. The van der Waals surface area contributed by atoms with Crippen LogP contribution in [0.1, 0.15) is 68.3 Å². The van der Waals surface area contributed by atoms with Crippen molar-refractivity contribution in [2.24, 2.45) is 5.73 Å². The molecule has 1 aliphatic rings. The van der Waals surface area contributed by atoms with Gasteiger partial charge in [-0.15, -0.1) is 11.3 Å². The van der Waals surface area contributed by atoms with E-state index in [-0.39, 0.29) is 17.0 Å². The molecule has 0 atom stereocenters. The van der Waals surface area contributed by atoms with Crippen LogP contribution >= 0.6 is 11.3 Å². The lowest BCUT2D eigenvalue weighted by molar-refractivity contribution is -0.789. The minimum atomic E-state index is -0.460. The molecule has 0 spiro atoms. The topological polar surface area (TPSA) is 88.8 Å². The van der Waals surface area contributed by atoms with Crippen LogP contribution in [0.4, 0.5) is 5.00 Å². The van der Waals surface area contributed by atoms with E-state index in [0.717, 1.165) is 23.3 Å². The van der Waals surface area contributed by atoms with Crippen molar-refractivity contribution in [2.75, 3.05) is 5.32 Å². The highest BCUT2D eigenvalue weighted by Gasteiger charge is 2.44. The van der Waals surface area contributed by atoms with Crippen LogP contribution in [0.15, 0.2) is 0 Å². The summed E-state index contributed by atoms with van der Waals surface area (Å²) in [4.78, 5) is 25.0. The Bertz CT molecular complexity index is 617. The Morgan fingerprint density at radius 2 is 1.95 bits per heavy atom. The van der Waals surface area contributed by atoms with Gasteiger partial charge in [-0.1, -0.05) is 6.92 Å². The second-order valence-corrected chi connectivity index (χ2v) is 8.33. The van der Waals surface area contributed by atoms with Gasteiger partial charge in [-0.25, -0.2) is 0 Å². The fourth-order valence-corrected chi connectivity index (χ4v) is 4.78. The van der Waals surface area contributed by atoms with Gasteiger partial charge in [-0.05, 0) is 39.7 Å². The Morgan fingerprint density at radius 3 is 2.50 bits per heavy atom. The number of carbonyl (C=O) groups is 2. The first-order valence-electron chi connectivity index (χ1n) is 7.70. The van der Waals surface area contributed by atoms with Crippen LogP contribution in [0.5, 0.6) is 0 Å². The first-order valence-corrected chi connectivity index (χ1v) is 8.52. The summed E-state index contributed by atoms with van der Waals surface area (Å²) >= 11 is 1.49. The van der Waals surface area contributed by atoms with Gasteiger partial charge in [0.1, 0.15) is 10.5 Å². The first kappa shape index (κ1) is 17.0. The predicted octanol–water partition coefficient (Wildman–Crippen LogP) is 1.72. The number of fused-ring (bicyclic) bond motifs is 1. The maximum atomic E-state index is 12.0. The van der Waals surface area contributed by atoms with Crippen LogP contribution in [0, 0.1) is 0 Å². The molecule has 1 aliphatic heterocycles. The maximum Gasteiger partial charge on any atom is 0.252 e. The average Bonchev–Trinajstić information content (AvgIpc) is 2.65. The number of amides is 2. The van der Waals surface area contributed by atoms with E-state index in [0.29, 0.717) is 17.0 Å². The lowest BCUT2D eigenvalue weighted by atomic mass is 9.81. The summed E-state index contributed by atoms with van der Waals surface area (Å²) in [5.41, 5.74) is 6.97. The van der Waals surface area contributed by atoms with Gasteiger partial charge in [0.15, 0.2) is 0 Å². The molecule has 5 nitrogen and oxygen atoms in total. The second kappa shape index (κ2) is 5.66. The van der Waals surface area contributed by atoms with Crippen molar-refractivity contribution in [3.05, 3.63) is 16.0 Å². The third-order valence-corrected chi connectivity index (χ3v) is 5.44. The molecule has 6 heteroatoms. The molecule has 2 rings (SSSR count). The fraction of sp³-hybridized carbons (Fsp3) is 0.625. The third-order valence-electron chi connectivity index (χ3n) is 3.95. The number of anilines is 1. The molecule has 0 bridgehead atoms. The van der Waals surface area contributed by atoms with Crippen molar-refractivity contribution in [3.8, 4) is 0 Å². The molecule has 2 heterocycles. The first-order chi connectivity index (χ1) is 10.1. The molecular formula is C16H26N3O2S+. The number of rotatable bonds is 4. The highest BCUT2D eigenvalue weighted by atomic mass is 32.1. The number of hydrogen-bond acceptors (Lipinski definition) is 3. The van der Waals surface area contributed by atoms with Crippen LogP contribution in [-0.2, 0) is 16.8 Å². The lowest BCUT2D eigenvalue weighted by Gasteiger charge is -2.38. The van der Waals surface area contributed by atoms with Gasteiger partial charge in [-0.2, -0.15) is 0 Å². The number of nitrogens with one attached hydrogen (secondary N) is 1. The Labute approximate surface area is 135 Å². The summed E-state index contributed by atoms with van der Waals surface area (Å²) in [7, 11) is 0. The van der Waals surface area contributed by atoms with Gasteiger partial charge >= 0.3 is 0 Å². The molecule has 0 saturated carbocycles. The molecule has 122 valence electrons. The van der Waals surface area contributed by atoms with Crippen LogP contribution in [0.25, 0.3) is 0 Å². The molecule has 5 N–H and O–H groups in total. The molecule has 2 amide bonds. The van der Waals surface area contributed by atoms with E-state index in [1.165, 1.54) is 11.3 Å². The number of nitrogens with two attached hydrogens (primary N) is 2. The molecule has 0 unspecified atom stereocenters. The molecule has 0 fully saturated rings. The summed E-state index contributed by atoms with van der Waals surface area (Å²) in [6.07, 6.45) is 1.99. The number of thiophene rings is 1. The smallest absolute Gasteiger partial charge is 0.252 e. The summed E-state index contributed by atoms with van der Waals surface area (Å²) in [6.45, 7) is 10.6. The summed E-state index contributed by atoms with van der Waals surface area (Å²) < 4.78 is 0. The van der Waals surface area contributed by atoms with E-state index in [4.69, 9.17) is 5.73 Å². The minimum absolute atomic E-state index is 0.00747. The van der Waals surface area contributed by atoms with Crippen molar-refractivity contribution in [1.29, 1.82) is 0 Å². The Kier molecular flexibility index (Phi) is 4.37. The minimum Gasteiger partial charge on any atom is -0.365 e. The molecule has 0 aliphatic carbocycles. The van der Waals surface area contributed by atoms with Gasteiger partial charge < -0.3 is 16.4 Å². The Hall–Kier alpha value is -1.40. The number of primary amides is 1. The van der Waals surface area contributed by atoms with Gasteiger partial charge in [0, 0.05) is 12.8 Å². The predicted molar refractivity (Wildman–Crippen MR) is 89.1 cm³/mol. The molecule has 0 saturated heterocycles. The standard InChI is InChI=1S/C16H25N3O2S/c1-6-7-10(20)18-14-11(13(17)21)9-8-15(2,3)19-16(4,5)12(9)22-14/h19H,6-8H2,1-5H3,(H2,17,21)(H,18,20)/p+1. The summed E-state index contributed by atoms with van der Waals surface area (Å²) in [6, 6.07) is 0. The van der Waals surface area contributed by atoms with E-state index in [1.54, 1.807) is 0 Å². The van der Waals surface area contributed by atoms with Gasteiger partial charge in [0.2, 0.25) is 5.91 Å². The molecular weight excluding hydrogens is 298 g/mol. The molecule has 22 heavy (non-hydrogen) atoms. The lowest BCUT2D eigenvalue weighted by Crippen LogP contribution is -3.03. The maximum absolute atomic E-state index is 12.0. The number of hydrogen-bond donors (Lipinski definition) is 3. The van der Waals surface area contributed by atoms with E-state index >= 15 is 0 Å². The molecule has 1 aromatic rings. The van der Waals surface area contributed by atoms with E-state index in [9.17, 15) is 9.59 Å². The van der Waals surface area contributed by atoms with Crippen molar-refractivity contribution < 1.29 is 14.9 Å². The average molecular weight is 324 g/mol. The van der Waals surface area contributed by atoms with Gasteiger partial charge in [0.25, 0.3) is 5.91 Å². The highest BCUT2D eigenvalue weighted by Crippen LogP contribution is 2.41. The van der Waals surface area contributed by atoms with E-state index < -0.39 is 5.91 Å². The van der Waals surface area contributed by atoms with Crippen LogP contribution in [0.3, 0.4) is 0 Å². The second-order valence-electron chi connectivity index (χ2n) is 7.31. The zero-order valence-corrected chi connectivity index (χ0v) is 14.8. The monoisotopic (exact) mass is 324 g/mol. The zero-order valence-electron chi connectivity index (χ0n) is 14.0. The van der Waals surface area contributed by atoms with E-state index in [2.05, 4.69) is 38.3 Å². The van der Waals surface area contributed by atoms with Crippen molar-refractivity contribution in [3.63, 3.8) is 0 Å². The quantitative estimate of drug-likeness (QED) is 0.787. The SMILES string of the molecule is CCCC(=O)Nc1sc2c(c1C(N)=O)CC(C)(C)[NH2+]C2(C)C. The van der Waals surface area contributed by atoms with E-state index in [1.807, 2.05) is 6.92 Å². The van der Waals surface area contributed by atoms with Gasteiger partial charge in [0.05, 0.1) is 16.0 Å². The number of carbonyl (C=O) groups excluding carboxylic acids is 2. The van der Waals surface area contributed by atoms with Crippen LogP contribution in [-0.4, -0.2) is 17.4 Å². The van der Waals surface area contributed by atoms with Crippen molar-refractivity contribution in [2.45, 2.75) is 65.0 Å². The Balaban J connectivity index is 2.53. The molecule has 0 aromatic carbocycles. The summed E-state index contributed by atoms with van der Waals surface area (Å²) in [5.74, 6) is -0.526. The summed E-state index contributed by atoms with van der Waals surface area (Å²) in [5, 5.41) is 5.81. The fourth-order valence-electron chi connectivity index (χ4n) is 3.47. The largest absolute Gasteiger partial charge is 0.365 e. The normalized spacial score (nSPS) is 18.6. The van der Waals surface area contributed by atoms with Crippen LogP contribution in [0.2, 0.25) is 0 Å². The van der Waals surface area contributed by atoms with Crippen LogP contribution < -0.4 is 16.4 Å². The van der Waals surface area contributed by atoms with Gasteiger partial charge in [-0.3, -0.25) is 9.59 Å². The highest BCUT2D eigenvalue weighted by molar-refractivity contribution is 7.17. The van der Waals surface area contributed by atoms with Crippen molar-refractivity contribution >= 4 is 28.2 Å². The Morgan fingerprint density at radius 1 is 1.32 bits per heavy atom. The molecule has 1 aromatic heterocycles. The third kappa shape index (κ3) is 3.17. The van der Waals surface area contributed by atoms with Crippen molar-refractivity contribution in [1.82, 2.24) is 0 Å². The zero-order chi connectivity index (χ0) is 16.7.